The summed E-state index contributed by atoms with van der Waals surface area (Å²) in [5.41, 5.74) is 10.3. The summed E-state index contributed by atoms with van der Waals surface area (Å²) in [6.07, 6.45) is 0.998. The van der Waals surface area contributed by atoms with Gasteiger partial charge in [-0.05, 0) is 55.1 Å². The van der Waals surface area contributed by atoms with E-state index in [0.717, 1.165) is 23.3 Å². The Balaban J connectivity index is 1.74. The maximum absolute atomic E-state index is 13.1. The lowest BCUT2D eigenvalue weighted by molar-refractivity contribution is -0.138. The summed E-state index contributed by atoms with van der Waals surface area (Å²) in [5.74, 6) is 0.892. The third-order valence-corrected chi connectivity index (χ3v) is 4.79. The molecular formula is C21H26N2O2. The highest BCUT2D eigenvalue weighted by atomic mass is 16.5. The third-order valence-electron chi connectivity index (χ3n) is 4.79. The van der Waals surface area contributed by atoms with Gasteiger partial charge in [0.1, 0.15) is 5.75 Å². The van der Waals surface area contributed by atoms with E-state index in [2.05, 4.69) is 19.9 Å². The molecule has 1 atom stereocenters. The molecule has 4 heteroatoms. The highest BCUT2D eigenvalue weighted by Crippen LogP contribution is 2.32. The molecule has 0 radical (unpaired) electrons. The van der Waals surface area contributed by atoms with E-state index in [1.807, 2.05) is 41.3 Å². The van der Waals surface area contributed by atoms with Gasteiger partial charge in [-0.2, -0.15) is 0 Å². The van der Waals surface area contributed by atoms with Crippen molar-refractivity contribution in [2.24, 2.45) is 5.73 Å². The zero-order valence-corrected chi connectivity index (χ0v) is 15.0. The molecule has 0 aromatic heterocycles. The van der Waals surface area contributed by atoms with Crippen molar-refractivity contribution in [2.45, 2.75) is 39.3 Å². The molecule has 4 nitrogen and oxygen atoms in total. The fourth-order valence-corrected chi connectivity index (χ4v) is 3.21. The number of hydrogen-bond donors (Lipinski definition) is 1. The van der Waals surface area contributed by atoms with Crippen LogP contribution in [0.3, 0.4) is 0 Å². The van der Waals surface area contributed by atoms with E-state index in [4.69, 9.17) is 10.5 Å². The molecule has 2 N–H and O–H groups in total. The lowest BCUT2D eigenvalue weighted by atomic mass is 10.0. The number of benzene rings is 2. The highest BCUT2D eigenvalue weighted by molar-refractivity contribution is 5.82. The van der Waals surface area contributed by atoms with Crippen LogP contribution in [0.2, 0.25) is 0 Å². The van der Waals surface area contributed by atoms with Crippen LogP contribution >= 0.6 is 0 Å². The monoisotopic (exact) mass is 338 g/mol. The van der Waals surface area contributed by atoms with Crippen LogP contribution in [0.1, 0.15) is 28.7 Å². The van der Waals surface area contributed by atoms with Crippen molar-refractivity contribution in [3.05, 3.63) is 64.7 Å². The Kier molecular flexibility index (Phi) is 5.39. The minimum absolute atomic E-state index is 0.0452. The van der Waals surface area contributed by atoms with Crippen LogP contribution in [-0.4, -0.2) is 30.0 Å². The van der Waals surface area contributed by atoms with Gasteiger partial charge in [-0.1, -0.05) is 36.4 Å². The number of aryl methyl sites for hydroxylation is 2. The van der Waals surface area contributed by atoms with Crippen LogP contribution in [-0.2, 0) is 17.8 Å². The first kappa shape index (κ1) is 17.5. The first-order valence-electron chi connectivity index (χ1n) is 8.88. The van der Waals surface area contributed by atoms with E-state index in [-0.39, 0.29) is 5.91 Å². The van der Waals surface area contributed by atoms with Crippen LogP contribution in [0.25, 0.3) is 0 Å². The first-order chi connectivity index (χ1) is 12.1. The molecule has 0 fully saturated rings. The molecule has 25 heavy (non-hydrogen) atoms. The van der Waals surface area contributed by atoms with Crippen molar-refractivity contribution in [3.63, 3.8) is 0 Å². The summed E-state index contributed by atoms with van der Waals surface area (Å²) < 4.78 is 5.98. The van der Waals surface area contributed by atoms with Crippen LogP contribution in [0.5, 0.6) is 5.75 Å². The van der Waals surface area contributed by atoms with Gasteiger partial charge in [0.25, 0.3) is 5.91 Å². The maximum atomic E-state index is 13.1. The second-order valence-corrected chi connectivity index (χ2v) is 6.74. The van der Waals surface area contributed by atoms with E-state index in [0.29, 0.717) is 26.1 Å². The molecule has 0 bridgehead atoms. The maximum Gasteiger partial charge on any atom is 0.264 e. The molecule has 0 aliphatic carbocycles. The average molecular weight is 338 g/mol. The summed E-state index contributed by atoms with van der Waals surface area (Å²) in [6.45, 7) is 5.97. The van der Waals surface area contributed by atoms with E-state index in [1.165, 1.54) is 11.1 Å². The zero-order valence-electron chi connectivity index (χ0n) is 15.0. The van der Waals surface area contributed by atoms with E-state index < -0.39 is 6.10 Å². The zero-order chi connectivity index (χ0) is 17.8. The predicted molar refractivity (Wildman–Crippen MR) is 99.6 cm³/mol. The fourth-order valence-electron chi connectivity index (χ4n) is 3.21. The normalized spacial score (nSPS) is 15.6. The fraction of sp³-hybridized carbons (Fsp3) is 0.381. The number of ether oxygens (including phenoxy) is 1. The number of nitrogens with two attached hydrogens (primary N) is 1. The molecule has 1 aliphatic heterocycles. The third kappa shape index (κ3) is 4.02. The predicted octanol–water partition coefficient (Wildman–Crippen LogP) is 2.98. The average Bonchev–Trinajstić information content (AvgIpc) is 3.02. The molecule has 1 unspecified atom stereocenters. The van der Waals surface area contributed by atoms with Gasteiger partial charge < -0.3 is 15.4 Å². The van der Waals surface area contributed by atoms with Crippen LogP contribution in [0.15, 0.2) is 42.5 Å². The number of rotatable bonds is 6. The number of carbonyl (C=O) groups is 1. The Hall–Kier alpha value is -2.33. The van der Waals surface area contributed by atoms with Gasteiger partial charge in [0.15, 0.2) is 6.10 Å². The Labute approximate surface area is 149 Å². The highest BCUT2D eigenvalue weighted by Gasteiger charge is 2.32. The minimum Gasteiger partial charge on any atom is -0.480 e. The smallest absolute Gasteiger partial charge is 0.264 e. The Morgan fingerprint density at radius 2 is 1.92 bits per heavy atom. The number of fused-ring (bicyclic) bond motifs is 1. The van der Waals surface area contributed by atoms with Gasteiger partial charge in [-0.25, -0.2) is 0 Å². The molecular weight excluding hydrogens is 312 g/mol. The van der Waals surface area contributed by atoms with E-state index in [1.54, 1.807) is 0 Å². The van der Waals surface area contributed by atoms with Crippen molar-refractivity contribution in [1.82, 2.24) is 4.90 Å². The summed E-state index contributed by atoms with van der Waals surface area (Å²) in [7, 11) is 0. The summed E-state index contributed by atoms with van der Waals surface area (Å²) >= 11 is 0. The summed E-state index contributed by atoms with van der Waals surface area (Å²) in [6, 6.07) is 14.2. The quantitative estimate of drug-likeness (QED) is 0.881. The van der Waals surface area contributed by atoms with Crippen molar-refractivity contribution in [1.29, 1.82) is 0 Å². The second kappa shape index (κ2) is 7.70. The topological polar surface area (TPSA) is 55.6 Å². The Morgan fingerprint density at radius 1 is 1.20 bits per heavy atom. The SMILES string of the molecule is Cc1cc2c(cc1C)OC(C(=O)N(CCCN)Cc1ccccc1)C2. The first-order valence-corrected chi connectivity index (χ1v) is 8.88. The molecule has 1 amide bonds. The van der Waals surface area contributed by atoms with Crippen molar-refractivity contribution in [3.8, 4) is 5.75 Å². The number of hydrogen-bond acceptors (Lipinski definition) is 3. The molecule has 0 spiro atoms. The van der Waals surface area contributed by atoms with Gasteiger partial charge in [-0.3, -0.25) is 4.79 Å². The number of nitrogens with zero attached hydrogens (tertiary/aromatic N) is 1. The molecule has 1 aliphatic rings. The van der Waals surface area contributed by atoms with Crippen LogP contribution in [0, 0.1) is 13.8 Å². The minimum atomic E-state index is -0.433. The van der Waals surface area contributed by atoms with Gasteiger partial charge in [0, 0.05) is 19.5 Å². The number of amides is 1. The Morgan fingerprint density at radius 3 is 2.64 bits per heavy atom. The number of carbonyl (C=O) groups excluding carboxylic acids is 1. The molecule has 2 aromatic carbocycles. The standard InChI is InChI=1S/C21H26N2O2/c1-15-11-18-13-20(25-19(18)12-16(15)2)21(24)23(10-6-9-22)14-17-7-4-3-5-8-17/h3-5,7-8,11-12,20H,6,9-10,13-14,22H2,1-2H3. The van der Waals surface area contributed by atoms with Crippen molar-refractivity contribution >= 4 is 5.91 Å². The van der Waals surface area contributed by atoms with Gasteiger partial charge in [0.05, 0.1) is 0 Å². The van der Waals surface area contributed by atoms with Crippen LogP contribution in [0.4, 0.5) is 0 Å². The van der Waals surface area contributed by atoms with Gasteiger partial charge >= 0.3 is 0 Å². The summed E-state index contributed by atoms with van der Waals surface area (Å²) in [4.78, 5) is 14.9. The summed E-state index contributed by atoms with van der Waals surface area (Å²) in [5, 5.41) is 0. The van der Waals surface area contributed by atoms with Gasteiger partial charge in [0.2, 0.25) is 0 Å². The van der Waals surface area contributed by atoms with E-state index >= 15 is 0 Å². The Bertz CT molecular complexity index is 712. The van der Waals surface area contributed by atoms with E-state index in [9.17, 15) is 4.79 Å². The second-order valence-electron chi connectivity index (χ2n) is 6.74. The molecule has 3 rings (SSSR count). The van der Waals surface area contributed by atoms with Crippen LogP contribution < -0.4 is 10.5 Å². The van der Waals surface area contributed by atoms with Crippen molar-refractivity contribution < 1.29 is 9.53 Å². The molecule has 2 aromatic rings. The molecule has 132 valence electrons. The molecule has 0 saturated carbocycles. The van der Waals surface area contributed by atoms with Crippen molar-refractivity contribution in [2.75, 3.05) is 13.1 Å². The molecule has 0 saturated heterocycles. The largest absolute Gasteiger partial charge is 0.480 e. The lowest BCUT2D eigenvalue weighted by Gasteiger charge is -2.25. The van der Waals surface area contributed by atoms with Gasteiger partial charge in [-0.15, -0.1) is 0 Å². The molecule has 1 heterocycles. The lowest BCUT2D eigenvalue weighted by Crippen LogP contribution is -2.41.